The van der Waals surface area contributed by atoms with Gasteiger partial charge in [-0.25, -0.2) is 5.84 Å². The van der Waals surface area contributed by atoms with Crippen LogP contribution in [0.25, 0.3) is 0 Å². The van der Waals surface area contributed by atoms with Crippen molar-refractivity contribution in [3.05, 3.63) is 11.6 Å². The fourth-order valence-corrected chi connectivity index (χ4v) is 0.600. The fraction of sp³-hybridized carbons (Fsp3) is 0. The molecule has 0 aromatic heterocycles. The highest BCUT2D eigenvalue weighted by Crippen LogP contribution is 2.18. The molecule has 0 amide bonds. The molecule has 13 heavy (non-hydrogen) atoms. The molecule has 0 bridgehead atoms. The van der Waals surface area contributed by atoms with Crippen molar-refractivity contribution in [1.29, 1.82) is 0 Å². The summed E-state index contributed by atoms with van der Waals surface area (Å²) in [5.41, 5.74) is 2.35. The molecule has 0 aromatic carbocycles. The molecule has 11 nitrogen and oxygen atoms in total. The van der Waals surface area contributed by atoms with Crippen LogP contribution in [0.15, 0.2) is 42.7 Å². The Morgan fingerprint density at radius 2 is 1.69 bits per heavy atom. The van der Waals surface area contributed by atoms with Gasteiger partial charge in [0.1, 0.15) is 0 Å². The monoisotopic (exact) mass is 185 g/mol. The number of rotatable bonds is 0. The fourth-order valence-electron chi connectivity index (χ4n) is 0.600. The molecule has 2 rings (SSSR count). The molecular weight excluding hydrogens is 178 g/mol. The standard InChI is InChI=1S/C2H3N9.H4N2/c3-11-2(6-9-10-11)1-4-7-8-5-1;1-2/h3H2,(H,6,10);1-2H2. The highest BCUT2D eigenvalue weighted by atomic mass is 15.9. The lowest BCUT2D eigenvalue weighted by molar-refractivity contribution is 0.288. The summed E-state index contributed by atoms with van der Waals surface area (Å²) in [6.07, 6.45) is 0. The topological polar surface area (TPSA) is 167 Å². The first-order valence-electron chi connectivity index (χ1n) is 2.98. The lowest BCUT2D eigenvalue weighted by Gasteiger charge is -2.06. The van der Waals surface area contributed by atoms with Gasteiger partial charge in [0.2, 0.25) is 11.6 Å². The van der Waals surface area contributed by atoms with Gasteiger partial charge in [0.15, 0.2) is 0 Å². The van der Waals surface area contributed by atoms with E-state index >= 15 is 0 Å². The lowest BCUT2D eigenvalue weighted by atomic mass is 10.7. The number of nitrogens with two attached hydrogens (primary N) is 3. The molecule has 0 aromatic rings. The van der Waals surface area contributed by atoms with Crippen LogP contribution in [0.3, 0.4) is 0 Å². The van der Waals surface area contributed by atoms with Crippen LogP contribution in [-0.4, -0.2) is 5.12 Å². The predicted octanol–water partition coefficient (Wildman–Crippen LogP) is -1.17. The summed E-state index contributed by atoms with van der Waals surface area (Å²) >= 11 is 0. The zero-order chi connectivity index (χ0) is 9.68. The van der Waals surface area contributed by atoms with Crippen LogP contribution >= 0.6 is 0 Å². The summed E-state index contributed by atoms with van der Waals surface area (Å²) < 4.78 is 0. The summed E-state index contributed by atoms with van der Waals surface area (Å²) in [5, 5.41) is 21.6. The first-order valence-corrected chi connectivity index (χ1v) is 2.98. The summed E-state index contributed by atoms with van der Waals surface area (Å²) in [6.45, 7) is 0. The van der Waals surface area contributed by atoms with Crippen molar-refractivity contribution in [2.45, 2.75) is 0 Å². The molecule has 11 heteroatoms. The third-order valence-corrected chi connectivity index (χ3v) is 1.04. The van der Waals surface area contributed by atoms with E-state index in [9.17, 15) is 0 Å². The summed E-state index contributed by atoms with van der Waals surface area (Å²) in [4.78, 5) is 0. The Kier molecular flexibility index (Phi) is 2.91. The first kappa shape index (κ1) is 9.11. The second kappa shape index (κ2) is 4.15. The molecule has 0 saturated carbocycles. The molecule has 0 atom stereocenters. The molecule has 2 aliphatic heterocycles. The van der Waals surface area contributed by atoms with Crippen molar-refractivity contribution in [2.75, 3.05) is 0 Å². The molecule has 0 fully saturated rings. The number of hydrogen-bond donors (Lipinski definition) is 4. The Bertz CT molecular complexity index is 268. The lowest BCUT2D eigenvalue weighted by Crippen LogP contribution is -2.35. The summed E-state index contributed by atoms with van der Waals surface area (Å²) in [6, 6.07) is 0. The van der Waals surface area contributed by atoms with Crippen LogP contribution < -0.4 is 23.1 Å². The molecular formula is C2H7N11. The van der Waals surface area contributed by atoms with E-state index in [2.05, 4.69) is 48.2 Å². The van der Waals surface area contributed by atoms with E-state index in [1.807, 2.05) is 0 Å². The second-order valence-corrected chi connectivity index (χ2v) is 1.70. The maximum absolute atomic E-state index is 5.33. The van der Waals surface area contributed by atoms with Gasteiger partial charge in [0, 0.05) is 0 Å². The largest absolute Gasteiger partial charge is 0.274 e. The zero-order valence-electron chi connectivity index (χ0n) is 6.36. The van der Waals surface area contributed by atoms with E-state index in [1.54, 1.807) is 0 Å². The van der Waals surface area contributed by atoms with Gasteiger partial charge in [-0.05, 0) is 10.4 Å². The predicted molar refractivity (Wildman–Crippen MR) is 39.1 cm³/mol. The minimum Gasteiger partial charge on any atom is -0.274 e. The second-order valence-electron chi connectivity index (χ2n) is 1.70. The van der Waals surface area contributed by atoms with Crippen molar-refractivity contribution in [1.82, 2.24) is 10.7 Å². The van der Waals surface area contributed by atoms with Crippen LogP contribution in [0, 0.1) is 0 Å². The van der Waals surface area contributed by atoms with Crippen molar-refractivity contribution >= 4 is 0 Å². The normalized spacial score (nSPS) is 17.6. The van der Waals surface area contributed by atoms with E-state index in [0.29, 0.717) is 0 Å². The van der Waals surface area contributed by atoms with Gasteiger partial charge in [-0.2, -0.15) is 10.7 Å². The van der Waals surface area contributed by atoms with E-state index in [1.165, 1.54) is 0 Å². The van der Waals surface area contributed by atoms with Gasteiger partial charge in [0.25, 0.3) is 0 Å². The Hall–Kier alpha value is -1.98. The van der Waals surface area contributed by atoms with Crippen molar-refractivity contribution < 1.29 is 0 Å². The van der Waals surface area contributed by atoms with E-state index < -0.39 is 0 Å². The number of hydrogen-bond acceptors (Lipinski definition) is 11. The van der Waals surface area contributed by atoms with E-state index in [-0.39, 0.29) is 11.6 Å². The van der Waals surface area contributed by atoms with Gasteiger partial charge in [-0.15, -0.1) is 15.3 Å². The van der Waals surface area contributed by atoms with Gasteiger partial charge >= 0.3 is 0 Å². The van der Waals surface area contributed by atoms with Crippen LogP contribution in [0.4, 0.5) is 0 Å². The van der Waals surface area contributed by atoms with Crippen LogP contribution in [0.2, 0.25) is 0 Å². The maximum Gasteiger partial charge on any atom is 0.247 e. The molecule has 7 N–H and O–H groups in total. The van der Waals surface area contributed by atoms with Gasteiger partial charge in [0.05, 0.1) is 0 Å². The molecule has 70 valence electrons. The Morgan fingerprint density at radius 3 is 2.15 bits per heavy atom. The summed E-state index contributed by atoms with van der Waals surface area (Å²) in [7, 11) is 0. The number of hydrazine groups is 3. The maximum atomic E-state index is 5.33. The third kappa shape index (κ3) is 1.78. The molecule has 2 aliphatic rings. The minimum absolute atomic E-state index is 0.237. The minimum atomic E-state index is 0.237. The van der Waals surface area contributed by atoms with E-state index in [4.69, 9.17) is 5.84 Å². The average molecular weight is 185 g/mol. The SMILES string of the molecule is NN.NN1NN=NC1=C1N=NN=N1. The molecule has 2 heterocycles. The van der Waals surface area contributed by atoms with Gasteiger partial charge in [-0.3, -0.25) is 11.7 Å². The molecule has 0 saturated heterocycles. The third-order valence-electron chi connectivity index (χ3n) is 1.04. The van der Waals surface area contributed by atoms with E-state index in [0.717, 1.165) is 5.12 Å². The molecule has 0 aliphatic carbocycles. The number of nitrogens with one attached hydrogen (secondary N) is 1. The highest BCUT2D eigenvalue weighted by Gasteiger charge is 2.18. The van der Waals surface area contributed by atoms with Crippen LogP contribution in [0.5, 0.6) is 0 Å². The van der Waals surface area contributed by atoms with Crippen LogP contribution in [-0.2, 0) is 0 Å². The number of nitrogens with zero attached hydrogens (tertiary/aromatic N) is 7. The molecule has 0 radical (unpaired) electrons. The van der Waals surface area contributed by atoms with Gasteiger partial charge in [-0.1, -0.05) is 5.22 Å². The Morgan fingerprint density at radius 1 is 1.08 bits per heavy atom. The molecule has 0 spiro atoms. The Labute approximate surface area is 71.9 Å². The van der Waals surface area contributed by atoms with Crippen LogP contribution in [0.1, 0.15) is 0 Å². The van der Waals surface area contributed by atoms with Crippen molar-refractivity contribution in [3.8, 4) is 0 Å². The quantitative estimate of drug-likeness (QED) is 0.275. The zero-order valence-corrected chi connectivity index (χ0v) is 6.36. The Balaban J connectivity index is 0.000000396. The average Bonchev–Trinajstić information content (AvgIpc) is 2.77. The highest BCUT2D eigenvalue weighted by molar-refractivity contribution is 5.08. The van der Waals surface area contributed by atoms with Gasteiger partial charge < -0.3 is 0 Å². The summed E-state index contributed by atoms with van der Waals surface area (Å²) in [5.74, 6) is 13.9. The van der Waals surface area contributed by atoms with Crippen molar-refractivity contribution in [3.63, 3.8) is 0 Å². The van der Waals surface area contributed by atoms with Crippen molar-refractivity contribution in [2.24, 2.45) is 48.5 Å². The molecule has 0 unspecified atom stereocenters. The smallest absolute Gasteiger partial charge is 0.247 e. The first-order chi connectivity index (χ1) is 6.38.